The molecule has 1 aromatic heterocycles. The zero-order chi connectivity index (χ0) is 28.5. The Morgan fingerprint density at radius 1 is 1.10 bits per heavy atom. The SMILES string of the molecule is C=C1C(=CC=C2CCC[C@]3(C)[C@@H]([C@H](C)C=C[C@H](O)C4(c5nnc(CCCCC)o5)CC4)CC[C@@H]23)C[C@@H](O)C[C@@H]1O. The van der Waals surface area contributed by atoms with Crippen LogP contribution in [-0.4, -0.2) is 43.8 Å². The highest BCUT2D eigenvalue weighted by molar-refractivity contribution is 5.38. The van der Waals surface area contributed by atoms with Crippen molar-refractivity contribution in [2.75, 3.05) is 0 Å². The molecular weight excluding hydrogens is 500 g/mol. The second-order valence-corrected chi connectivity index (χ2v) is 13.5. The van der Waals surface area contributed by atoms with Crippen LogP contribution in [0.3, 0.4) is 0 Å². The van der Waals surface area contributed by atoms with E-state index in [0.717, 1.165) is 56.1 Å². The van der Waals surface area contributed by atoms with E-state index in [1.54, 1.807) is 0 Å². The van der Waals surface area contributed by atoms with Crippen LogP contribution < -0.4 is 0 Å². The highest BCUT2D eigenvalue weighted by Crippen LogP contribution is 2.60. The summed E-state index contributed by atoms with van der Waals surface area (Å²) in [5.41, 5.74) is 3.06. The molecule has 1 aromatic rings. The highest BCUT2D eigenvalue weighted by Gasteiger charge is 2.54. The Kier molecular flexibility index (Phi) is 8.89. The van der Waals surface area contributed by atoms with Gasteiger partial charge in [0.05, 0.1) is 23.7 Å². The van der Waals surface area contributed by atoms with Gasteiger partial charge in [-0.15, -0.1) is 10.2 Å². The van der Waals surface area contributed by atoms with E-state index in [-0.39, 0.29) is 5.41 Å². The van der Waals surface area contributed by atoms with Crippen LogP contribution in [0.4, 0.5) is 0 Å². The predicted molar refractivity (Wildman–Crippen MR) is 157 cm³/mol. The number of unbranched alkanes of at least 4 members (excludes halogenated alkanes) is 2. The maximum atomic E-state index is 11.2. The third kappa shape index (κ3) is 5.82. The van der Waals surface area contributed by atoms with E-state index in [1.165, 1.54) is 31.3 Å². The maximum absolute atomic E-state index is 11.2. The minimum Gasteiger partial charge on any atom is -0.425 e. The molecule has 0 aliphatic heterocycles. The van der Waals surface area contributed by atoms with Crippen LogP contribution >= 0.6 is 0 Å². The second kappa shape index (κ2) is 12.1. The van der Waals surface area contributed by atoms with Gasteiger partial charge in [0.15, 0.2) is 0 Å². The molecule has 40 heavy (non-hydrogen) atoms. The largest absolute Gasteiger partial charge is 0.425 e. The first-order valence-electron chi connectivity index (χ1n) is 15.8. The van der Waals surface area contributed by atoms with E-state index in [1.807, 2.05) is 6.08 Å². The lowest BCUT2D eigenvalue weighted by molar-refractivity contribution is 0.0862. The Labute approximate surface area is 240 Å². The molecule has 5 rings (SSSR count). The van der Waals surface area contributed by atoms with Crippen LogP contribution in [0.25, 0.3) is 0 Å². The average Bonchev–Trinajstić information content (AvgIpc) is 3.46. The number of rotatable bonds is 10. The van der Waals surface area contributed by atoms with Crippen LogP contribution in [-0.2, 0) is 11.8 Å². The third-order valence-corrected chi connectivity index (χ3v) is 10.8. The van der Waals surface area contributed by atoms with E-state index in [4.69, 9.17) is 4.42 Å². The number of aryl methyl sites for hydroxylation is 1. The number of fused-ring (bicyclic) bond motifs is 1. The molecule has 0 amide bonds. The average molecular weight is 551 g/mol. The van der Waals surface area contributed by atoms with E-state index in [0.29, 0.717) is 42.4 Å². The van der Waals surface area contributed by atoms with Crippen molar-refractivity contribution in [1.82, 2.24) is 10.2 Å². The fraction of sp³-hybridized carbons (Fsp3) is 0.706. The van der Waals surface area contributed by atoms with E-state index in [9.17, 15) is 15.3 Å². The van der Waals surface area contributed by atoms with Crippen LogP contribution in [0.15, 0.2) is 52.0 Å². The Morgan fingerprint density at radius 3 is 2.65 bits per heavy atom. The smallest absolute Gasteiger partial charge is 0.225 e. The van der Waals surface area contributed by atoms with Crippen LogP contribution in [0, 0.1) is 23.2 Å². The number of aliphatic hydroxyl groups is 3. The molecule has 1 heterocycles. The molecule has 4 fully saturated rings. The van der Waals surface area contributed by atoms with Gasteiger partial charge in [-0.3, -0.25) is 0 Å². The van der Waals surface area contributed by atoms with Gasteiger partial charge in [-0.05, 0) is 92.1 Å². The van der Waals surface area contributed by atoms with E-state index < -0.39 is 23.7 Å². The zero-order valence-electron chi connectivity index (χ0n) is 24.8. The summed E-state index contributed by atoms with van der Waals surface area (Å²) in [5.74, 6) is 2.78. The predicted octanol–water partition coefficient (Wildman–Crippen LogP) is 6.53. The first-order chi connectivity index (χ1) is 19.2. The van der Waals surface area contributed by atoms with Gasteiger partial charge < -0.3 is 19.7 Å². The van der Waals surface area contributed by atoms with E-state index >= 15 is 0 Å². The number of nitrogens with zero attached hydrogens (tertiary/aromatic N) is 2. The fourth-order valence-corrected chi connectivity index (χ4v) is 8.06. The van der Waals surface area contributed by atoms with Gasteiger partial charge in [0.1, 0.15) is 0 Å². The fourth-order valence-electron chi connectivity index (χ4n) is 8.06. The molecule has 220 valence electrons. The molecule has 6 heteroatoms. The highest BCUT2D eigenvalue weighted by atomic mass is 16.4. The van der Waals surface area contributed by atoms with Crippen molar-refractivity contribution in [3.05, 3.63) is 59.4 Å². The van der Waals surface area contributed by atoms with Gasteiger partial charge in [-0.1, -0.05) is 70.1 Å². The molecule has 7 atom stereocenters. The number of hydrogen-bond acceptors (Lipinski definition) is 6. The summed E-state index contributed by atoms with van der Waals surface area (Å²) in [4.78, 5) is 0. The molecule has 3 N–H and O–H groups in total. The second-order valence-electron chi connectivity index (χ2n) is 13.5. The topological polar surface area (TPSA) is 99.6 Å². The summed E-state index contributed by atoms with van der Waals surface area (Å²) in [6.07, 6.45) is 19.7. The molecule has 6 nitrogen and oxygen atoms in total. The van der Waals surface area contributed by atoms with Crippen molar-refractivity contribution in [2.45, 2.75) is 128 Å². The molecule has 0 radical (unpaired) electrons. The monoisotopic (exact) mass is 550 g/mol. The summed E-state index contributed by atoms with van der Waals surface area (Å²) in [6, 6.07) is 0. The minimum absolute atomic E-state index is 0.233. The molecule has 0 saturated heterocycles. The third-order valence-electron chi connectivity index (χ3n) is 10.8. The van der Waals surface area contributed by atoms with Gasteiger partial charge >= 0.3 is 0 Å². The van der Waals surface area contributed by atoms with Crippen molar-refractivity contribution in [3.8, 4) is 0 Å². The lowest BCUT2D eigenvalue weighted by Crippen LogP contribution is -2.35. The summed E-state index contributed by atoms with van der Waals surface area (Å²) in [7, 11) is 0. The van der Waals surface area contributed by atoms with E-state index in [2.05, 4.69) is 55.8 Å². The normalized spacial score (nSPS) is 35.4. The van der Waals surface area contributed by atoms with Crippen LogP contribution in [0.1, 0.15) is 110 Å². The van der Waals surface area contributed by atoms with Crippen molar-refractivity contribution in [2.24, 2.45) is 23.2 Å². The lowest BCUT2D eigenvalue weighted by Gasteiger charge is -2.44. The minimum atomic E-state index is -0.647. The quantitative estimate of drug-likeness (QED) is 0.226. The maximum Gasteiger partial charge on any atom is 0.225 e. The molecular formula is C34H50N2O4. The zero-order valence-corrected chi connectivity index (χ0v) is 24.8. The van der Waals surface area contributed by atoms with Crippen molar-refractivity contribution >= 4 is 0 Å². The molecule has 0 aromatic carbocycles. The number of allylic oxidation sites excluding steroid dienone is 4. The van der Waals surface area contributed by atoms with Gasteiger partial charge in [-0.25, -0.2) is 0 Å². The Morgan fingerprint density at radius 2 is 1.90 bits per heavy atom. The van der Waals surface area contributed by atoms with Crippen molar-refractivity contribution in [1.29, 1.82) is 0 Å². The van der Waals surface area contributed by atoms with Gasteiger partial charge in [0.2, 0.25) is 11.8 Å². The van der Waals surface area contributed by atoms with Gasteiger partial charge in [0.25, 0.3) is 0 Å². The van der Waals surface area contributed by atoms with Crippen LogP contribution in [0.2, 0.25) is 0 Å². The summed E-state index contributed by atoms with van der Waals surface area (Å²) in [5, 5.41) is 40.2. The Bertz CT molecular complexity index is 1140. The Balaban J connectivity index is 1.24. The summed E-state index contributed by atoms with van der Waals surface area (Å²) in [6.45, 7) is 11.1. The Hall–Kier alpha value is -2.02. The first kappa shape index (κ1) is 29.5. The van der Waals surface area contributed by atoms with Crippen molar-refractivity contribution < 1.29 is 19.7 Å². The lowest BCUT2D eigenvalue weighted by atomic mass is 9.61. The van der Waals surface area contributed by atoms with Gasteiger partial charge in [0, 0.05) is 12.8 Å². The molecule has 0 unspecified atom stereocenters. The molecule has 4 aliphatic carbocycles. The summed E-state index contributed by atoms with van der Waals surface area (Å²) >= 11 is 0. The number of aliphatic hydroxyl groups excluding tert-OH is 3. The molecule has 0 spiro atoms. The van der Waals surface area contributed by atoms with Crippen molar-refractivity contribution in [3.63, 3.8) is 0 Å². The molecule has 4 aliphatic rings. The number of hydrogen-bond donors (Lipinski definition) is 3. The molecule has 4 saturated carbocycles. The first-order valence-corrected chi connectivity index (χ1v) is 15.8. The standard InChI is InChI=1S/C34H50N2O4/c1-5-6-7-10-31-35-36-32(40-31)34(18-19-34)30(39)16-11-22(2)27-14-15-28-24(9-8-17-33(27,28)4)12-13-25-20-26(37)21-29(38)23(25)3/h11-13,16,22,26-30,37-39H,3,5-10,14-15,17-21H2,1-2,4H3/t22-,26-,27-,28+,29+,30+,33-/m1/s1. The number of aromatic nitrogens is 2. The summed E-state index contributed by atoms with van der Waals surface area (Å²) < 4.78 is 6.01. The molecule has 0 bridgehead atoms. The van der Waals surface area contributed by atoms with Crippen LogP contribution in [0.5, 0.6) is 0 Å². The van der Waals surface area contributed by atoms with Gasteiger partial charge in [-0.2, -0.15) is 0 Å².